The van der Waals surface area contributed by atoms with Crippen molar-refractivity contribution in [3.05, 3.63) is 11.3 Å². The summed E-state index contributed by atoms with van der Waals surface area (Å²) in [7, 11) is -2.35. The number of ether oxygens (including phenoxy) is 1. The van der Waals surface area contributed by atoms with Crippen LogP contribution in [0.4, 0.5) is 0 Å². The zero-order valence-electron chi connectivity index (χ0n) is 15.8. The van der Waals surface area contributed by atoms with E-state index in [4.69, 9.17) is 4.74 Å². The molecule has 0 aromatic rings. The van der Waals surface area contributed by atoms with Gasteiger partial charge in [0.15, 0.2) is 0 Å². The van der Waals surface area contributed by atoms with Crippen LogP contribution >= 0.6 is 0 Å². The van der Waals surface area contributed by atoms with Gasteiger partial charge in [-0.2, -0.15) is 0 Å². The molecule has 0 atom stereocenters. The highest BCUT2D eigenvalue weighted by molar-refractivity contribution is 6.93. The second kappa shape index (κ2) is 9.91. The first kappa shape index (κ1) is 21.9. The summed E-state index contributed by atoms with van der Waals surface area (Å²) in [6.07, 6.45) is 4.00. The summed E-state index contributed by atoms with van der Waals surface area (Å²) in [5.74, 6) is -1.49. The van der Waals surface area contributed by atoms with Crippen molar-refractivity contribution in [1.29, 1.82) is 0 Å². The fourth-order valence-electron chi connectivity index (χ4n) is 4.01. The molecule has 1 N–H and O–H groups in total. The van der Waals surface area contributed by atoms with Crippen molar-refractivity contribution in [2.24, 2.45) is 0 Å². The molecule has 0 saturated carbocycles. The van der Waals surface area contributed by atoms with Crippen molar-refractivity contribution < 1.29 is 19.4 Å². The third kappa shape index (κ3) is 5.48. The van der Waals surface area contributed by atoms with E-state index in [9.17, 15) is 14.7 Å². The van der Waals surface area contributed by atoms with Gasteiger partial charge < -0.3 is 9.84 Å². The molecular formula is C18H34O4Si. The minimum absolute atomic E-state index is 0.260. The number of esters is 1. The second-order valence-corrected chi connectivity index (χ2v) is 13.0. The topological polar surface area (TPSA) is 63.6 Å². The van der Waals surface area contributed by atoms with Crippen molar-refractivity contribution in [2.75, 3.05) is 6.61 Å². The molecule has 0 aromatic heterocycles. The number of aliphatic carboxylic acids is 1. The van der Waals surface area contributed by atoms with Crippen LogP contribution in [0.5, 0.6) is 0 Å². The van der Waals surface area contributed by atoms with Crippen molar-refractivity contribution in [3.63, 3.8) is 0 Å². The van der Waals surface area contributed by atoms with Gasteiger partial charge >= 0.3 is 11.9 Å². The molecule has 0 aliphatic rings. The van der Waals surface area contributed by atoms with Crippen molar-refractivity contribution >= 4 is 20.0 Å². The Morgan fingerprint density at radius 1 is 1.00 bits per heavy atom. The van der Waals surface area contributed by atoms with Gasteiger partial charge in [-0.05, 0) is 23.0 Å². The summed E-state index contributed by atoms with van der Waals surface area (Å²) in [4.78, 5) is 24.0. The standard InChI is InChI=1S/C18H34O4Si/c1-8-9-10-11-22-18(21)16(12-17(19)20)23(13(2)3,14(4)5)15(6)7/h12-15H,8-11H2,1-7H3,(H,19,20)/b16-12+. The van der Waals surface area contributed by atoms with E-state index in [1.807, 2.05) is 0 Å². The van der Waals surface area contributed by atoms with Crippen LogP contribution < -0.4 is 0 Å². The van der Waals surface area contributed by atoms with Crippen LogP contribution in [0.1, 0.15) is 67.7 Å². The van der Waals surface area contributed by atoms with E-state index in [0.717, 1.165) is 25.3 Å². The van der Waals surface area contributed by atoms with E-state index in [0.29, 0.717) is 11.8 Å². The van der Waals surface area contributed by atoms with E-state index in [1.54, 1.807) is 0 Å². The predicted octanol–water partition coefficient (Wildman–Crippen LogP) is 4.95. The molecule has 0 aliphatic heterocycles. The Labute approximate surface area is 142 Å². The van der Waals surface area contributed by atoms with Crippen LogP contribution in [-0.2, 0) is 14.3 Å². The van der Waals surface area contributed by atoms with Crippen molar-refractivity contribution in [1.82, 2.24) is 0 Å². The lowest BCUT2D eigenvalue weighted by atomic mass is 10.3. The monoisotopic (exact) mass is 342 g/mol. The molecule has 0 heterocycles. The SMILES string of the molecule is CCCCCOC(=O)/C(=C\C(=O)O)[Si](C(C)C)(C(C)C)C(C)C. The maximum Gasteiger partial charge on any atom is 0.330 e. The summed E-state index contributed by atoms with van der Waals surface area (Å²) in [6.45, 7) is 15.1. The van der Waals surface area contributed by atoms with Crippen LogP contribution in [0, 0.1) is 0 Å². The zero-order chi connectivity index (χ0) is 18.2. The first-order valence-electron chi connectivity index (χ1n) is 8.74. The lowest BCUT2D eigenvalue weighted by Crippen LogP contribution is -2.49. The van der Waals surface area contributed by atoms with Gasteiger partial charge in [-0.1, -0.05) is 61.3 Å². The smallest absolute Gasteiger partial charge is 0.330 e. The van der Waals surface area contributed by atoms with Gasteiger partial charge in [-0.3, -0.25) is 0 Å². The third-order valence-corrected chi connectivity index (χ3v) is 11.8. The molecule has 4 nitrogen and oxygen atoms in total. The minimum atomic E-state index is -2.35. The molecular weight excluding hydrogens is 308 g/mol. The lowest BCUT2D eigenvalue weighted by molar-refractivity contribution is -0.139. The summed E-state index contributed by atoms with van der Waals surface area (Å²) in [5, 5.41) is 9.72. The van der Waals surface area contributed by atoms with Crippen LogP contribution in [0.15, 0.2) is 11.3 Å². The molecule has 0 bridgehead atoms. The number of unbranched alkanes of at least 4 members (excludes halogenated alkanes) is 2. The Hall–Kier alpha value is -1.10. The normalized spacial score (nSPS) is 13.0. The second-order valence-electron chi connectivity index (χ2n) is 7.14. The fourth-order valence-corrected chi connectivity index (χ4v) is 10.7. The maximum atomic E-state index is 12.7. The summed E-state index contributed by atoms with van der Waals surface area (Å²) >= 11 is 0. The Bertz CT molecular complexity index is 403. The number of carboxylic acids is 1. The number of carboxylic acid groups (broad SMARTS) is 1. The predicted molar refractivity (Wildman–Crippen MR) is 97.3 cm³/mol. The maximum absolute atomic E-state index is 12.7. The Kier molecular flexibility index (Phi) is 9.43. The zero-order valence-corrected chi connectivity index (χ0v) is 16.8. The van der Waals surface area contributed by atoms with Gasteiger partial charge in [0.2, 0.25) is 0 Å². The van der Waals surface area contributed by atoms with E-state index in [1.165, 1.54) is 0 Å². The highest BCUT2D eigenvalue weighted by Crippen LogP contribution is 2.46. The van der Waals surface area contributed by atoms with E-state index in [2.05, 4.69) is 48.5 Å². The fraction of sp³-hybridized carbons (Fsp3) is 0.778. The first-order valence-corrected chi connectivity index (χ1v) is 11.0. The summed E-state index contributed by atoms with van der Waals surface area (Å²) < 4.78 is 5.43. The molecule has 0 spiro atoms. The summed E-state index contributed by atoms with van der Waals surface area (Å²) in [5.41, 5.74) is 0.781. The van der Waals surface area contributed by atoms with Crippen LogP contribution in [0.3, 0.4) is 0 Å². The Morgan fingerprint density at radius 2 is 1.48 bits per heavy atom. The molecule has 0 rings (SSSR count). The van der Waals surface area contributed by atoms with Gasteiger partial charge in [0.25, 0.3) is 0 Å². The molecule has 134 valence electrons. The van der Waals surface area contributed by atoms with E-state index < -0.39 is 20.0 Å². The molecule has 0 radical (unpaired) electrons. The minimum Gasteiger partial charge on any atom is -0.478 e. The lowest BCUT2D eigenvalue weighted by Gasteiger charge is -2.43. The van der Waals surface area contributed by atoms with Gasteiger partial charge in [0.05, 0.1) is 6.61 Å². The average Bonchev–Trinajstić information content (AvgIpc) is 2.41. The Balaban J connectivity index is 5.74. The highest BCUT2D eigenvalue weighted by Gasteiger charge is 2.49. The van der Waals surface area contributed by atoms with E-state index in [-0.39, 0.29) is 16.6 Å². The molecule has 5 heteroatoms. The number of carbonyl (C=O) groups excluding carboxylic acids is 1. The van der Waals surface area contributed by atoms with Gasteiger partial charge in [0, 0.05) is 11.3 Å². The molecule has 0 fully saturated rings. The van der Waals surface area contributed by atoms with Gasteiger partial charge in [0.1, 0.15) is 8.07 Å². The summed E-state index contributed by atoms with van der Waals surface area (Å²) in [6, 6.07) is 0. The average molecular weight is 343 g/mol. The molecule has 23 heavy (non-hydrogen) atoms. The van der Waals surface area contributed by atoms with Crippen LogP contribution in [0.2, 0.25) is 16.6 Å². The number of hydrogen-bond acceptors (Lipinski definition) is 3. The van der Waals surface area contributed by atoms with Crippen LogP contribution in [-0.4, -0.2) is 31.7 Å². The first-order chi connectivity index (χ1) is 10.6. The molecule has 0 aromatic carbocycles. The highest BCUT2D eigenvalue weighted by atomic mass is 28.3. The molecule has 0 aliphatic carbocycles. The molecule has 0 amide bonds. The molecule has 0 unspecified atom stereocenters. The third-order valence-electron chi connectivity index (χ3n) is 4.80. The van der Waals surface area contributed by atoms with Crippen molar-refractivity contribution in [2.45, 2.75) is 84.4 Å². The van der Waals surface area contributed by atoms with Crippen LogP contribution in [0.25, 0.3) is 0 Å². The van der Waals surface area contributed by atoms with Crippen molar-refractivity contribution in [3.8, 4) is 0 Å². The van der Waals surface area contributed by atoms with Gasteiger partial charge in [-0.25, -0.2) is 9.59 Å². The number of carbonyl (C=O) groups is 2. The molecule has 0 saturated heterocycles. The Morgan fingerprint density at radius 3 is 1.83 bits per heavy atom. The number of rotatable bonds is 10. The number of hydrogen-bond donors (Lipinski definition) is 1. The van der Waals surface area contributed by atoms with E-state index >= 15 is 0 Å². The van der Waals surface area contributed by atoms with Gasteiger partial charge in [-0.15, -0.1) is 0 Å². The quantitative estimate of drug-likeness (QED) is 0.264. The largest absolute Gasteiger partial charge is 0.478 e.